The summed E-state index contributed by atoms with van der Waals surface area (Å²) < 4.78 is 4.16. The topological polar surface area (TPSA) is 58.9 Å². The minimum atomic E-state index is 0.609. The van der Waals surface area contributed by atoms with E-state index in [2.05, 4.69) is 27.8 Å². The van der Waals surface area contributed by atoms with Gasteiger partial charge < -0.3 is 4.57 Å². The zero-order valence-corrected chi connectivity index (χ0v) is 18.7. The van der Waals surface area contributed by atoms with Gasteiger partial charge in [0.2, 0.25) is 5.62 Å². The van der Waals surface area contributed by atoms with Crippen molar-refractivity contribution in [1.82, 2.24) is 14.1 Å². The first kappa shape index (κ1) is 20.0. The van der Waals surface area contributed by atoms with E-state index in [-0.39, 0.29) is 0 Å². The van der Waals surface area contributed by atoms with Gasteiger partial charge in [0.15, 0.2) is 0 Å². The summed E-state index contributed by atoms with van der Waals surface area (Å²) >= 11 is 6.09. The Balaban J connectivity index is 1.92. The summed E-state index contributed by atoms with van der Waals surface area (Å²) in [6.07, 6.45) is 1.88. The van der Waals surface area contributed by atoms with Crippen molar-refractivity contribution in [2.45, 2.75) is 6.92 Å². The molecule has 0 spiro atoms. The van der Waals surface area contributed by atoms with Crippen molar-refractivity contribution in [3.05, 3.63) is 88.6 Å². The quantitative estimate of drug-likeness (QED) is 0.363. The van der Waals surface area contributed by atoms with Gasteiger partial charge in [-0.25, -0.2) is 0 Å². The van der Waals surface area contributed by atoms with Gasteiger partial charge in [-0.1, -0.05) is 35.9 Å². The summed E-state index contributed by atoms with van der Waals surface area (Å²) in [4.78, 5) is 9.29. The average molecular weight is 438 g/mol. The van der Waals surface area contributed by atoms with E-state index in [0.717, 1.165) is 49.9 Å². The molecule has 0 amide bonds. The van der Waals surface area contributed by atoms with E-state index in [1.807, 2.05) is 73.3 Å². The van der Waals surface area contributed by atoms with Crippen molar-refractivity contribution in [3.8, 4) is 22.9 Å². The summed E-state index contributed by atoms with van der Waals surface area (Å²) in [5, 5.41) is 11.2. The average Bonchev–Trinajstić information content (AvgIpc) is 3.11. The molecular weight excluding hydrogens is 418 g/mol. The van der Waals surface area contributed by atoms with Crippen LogP contribution in [-0.2, 0) is 7.05 Å². The molecule has 0 radical (unpaired) electrons. The van der Waals surface area contributed by atoms with Crippen molar-refractivity contribution in [1.29, 1.82) is 5.26 Å². The van der Waals surface area contributed by atoms with Gasteiger partial charge in [0.1, 0.15) is 0 Å². The molecule has 0 atom stereocenters. The van der Waals surface area contributed by atoms with Gasteiger partial charge in [-0.2, -0.15) is 5.26 Å². The fraction of sp³-hybridized carbons (Fsp3) is 0.115. The molecule has 0 aliphatic carbocycles. The zero-order chi connectivity index (χ0) is 22.4. The van der Waals surface area contributed by atoms with Crippen LogP contribution in [0.15, 0.2) is 71.9 Å². The maximum Gasteiger partial charge on any atom is 0.210 e. The molecule has 0 saturated carbocycles. The summed E-state index contributed by atoms with van der Waals surface area (Å²) in [6.45, 7) is 2.05. The number of benzene rings is 3. The number of hydrogen-bond acceptors (Lipinski definition) is 3. The molecule has 6 heteroatoms. The third-order valence-corrected chi connectivity index (χ3v) is 6.11. The van der Waals surface area contributed by atoms with Crippen molar-refractivity contribution in [3.63, 3.8) is 0 Å². The second-order valence-electron chi connectivity index (χ2n) is 7.76. The summed E-state index contributed by atoms with van der Waals surface area (Å²) in [5.74, 6) is 0. The maximum absolute atomic E-state index is 9.49. The number of fused-ring (bicyclic) bond motifs is 3. The molecule has 0 fully saturated rings. The van der Waals surface area contributed by atoms with Crippen LogP contribution in [0.5, 0.6) is 0 Å². The molecule has 5 nitrogen and oxygen atoms in total. The van der Waals surface area contributed by atoms with E-state index in [1.165, 1.54) is 0 Å². The molecule has 0 aliphatic rings. The highest BCUT2D eigenvalue weighted by atomic mass is 35.5. The number of rotatable bonds is 2. The van der Waals surface area contributed by atoms with Crippen LogP contribution in [0.4, 0.5) is 0 Å². The van der Waals surface area contributed by atoms with Crippen LogP contribution in [0.2, 0.25) is 5.02 Å². The number of halogens is 1. The van der Waals surface area contributed by atoms with Crippen LogP contribution in [0.3, 0.4) is 0 Å². The highest BCUT2D eigenvalue weighted by molar-refractivity contribution is 6.30. The first-order valence-electron chi connectivity index (χ1n) is 10.2. The van der Waals surface area contributed by atoms with Gasteiger partial charge in [0.25, 0.3) is 0 Å². The lowest BCUT2D eigenvalue weighted by atomic mass is 10.0. The molecule has 0 unspecified atom stereocenters. The van der Waals surface area contributed by atoms with E-state index in [9.17, 15) is 5.26 Å². The smallest absolute Gasteiger partial charge is 0.210 e. The molecule has 2 aromatic heterocycles. The minimum absolute atomic E-state index is 0.609. The molecule has 5 aromatic rings. The molecule has 156 valence electrons. The summed E-state index contributed by atoms with van der Waals surface area (Å²) in [5.41, 5.74) is 8.41. The predicted molar refractivity (Wildman–Crippen MR) is 129 cm³/mol. The zero-order valence-electron chi connectivity index (χ0n) is 18.0. The number of nitrogens with zero attached hydrogens (tertiary/aromatic N) is 5. The fourth-order valence-electron chi connectivity index (χ4n) is 4.23. The molecule has 0 aliphatic heterocycles. The lowest BCUT2D eigenvalue weighted by molar-refractivity contribution is 0.800. The number of imidazole rings is 1. The Kier molecular flexibility index (Phi) is 4.80. The maximum atomic E-state index is 9.49. The Labute approximate surface area is 190 Å². The third kappa shape index (κ3) is 3.08. The van der Waals surface area contributed by atoms with E-state index in [4.69, 9.17) is 16.6 Å². The Morgan fingerprint density at radius 2 is 1.75 bits per heavy atom. The minimum Gasteiger partial charge on any atom is -0.312 e. The van der Waals surface area contributed by atoms with Crippen LogP contribution >= 0.6 is 11.6 Å². The Morgan fingerprint density at radius 1 is 1.00 bits per heavy atom. The van der Waals surface area contributed by atoms with Crippen LogP contribution < -0.4 is 5.62 Å². The highest BCUT2D eigenvalue weighted by Crippen LogP contribution is 2.31. The Bertz CT molecular complexity index is 1620. The van der Waals surface area contributed by atoms with Crippen molar-refractivity contribution in [2.24, 2.45) is 12.0 Å². The second kappa shape index (κ2) is 7.67. The lowest BCUT2D eigenvalue weighted by Gasteiger charge is -2.11. The van der Waals surface area contributed by atoms with Crippen LogP contribution in [-0.4, -0.2) is 21.2 Å². The van der Waals surface area contributed by atoms with Gasteiger partial charge in [-0.15, -0.1) is 0 Å². The van der Waals surface area contributed by atoms with Gasteiger partial charge >= 0.3 is 0 Å². The molecular formula is C26H20ClN5. The molecule has 2 heterocycles. The van der Waals surface area contributed by atoms with Gasteiger partial charge in [-0.05, 0) is 60.0 Å². The lowest BCUT2D eigenvalue weighted by Crippen LogP contribution is -2.23. The van der Waals surface area contributed by atoms with E-state index in [0.29, 0.717) is 10.6 Å². The number of hydrogen-bond donors (Lipinski definition) is 0. The molecule has 0 saturated heterocycles. The van der Waals surface area contributed by atoms with E-state index < -0.39 is 0 Å². The fourth-order valence-corrected chi connectivity index (χ4v) is 4.35. The number of nitriles is 1. The van der Waals surface area contributed by atoms with Crippen molar-refractivity contribution >= 4 is 33.5 Å². The first-order chi connectivity index (χ1) is 15.5. The van der Waals surface area contributed by atoms with E-state index >= 15 is 0 Å². The molecule has 0 N–H and O–H groups in total. The largest absolute Gasteiger partial charge is 0.312 e. The molecule has 0 bridgehead atoms. The standard InChI is InChI=1S/C26H20ClN5/c1-16-4-5-17(14-28)12-23(16)32-25-21-13-19(18-6-9-20(27)10-7-18)8-11-22(21)30-15-24(25)31(3)26(32)29-2/h4-13,15H,1-3H3. The second-order valence-corrected chi connectivity index (χ2v) is 8.20. The summed E-state index contributed by atoms with van der Waals surface area (Å²) in [6, 6.07) is 22.1. The Morgan fingerprint density at radius 3 is 2.47 bits per heavy atom. The van der Waals surface area contributed by atoms with Crippen LogP contribution in [0.1, 0.15) is 11.1 Å². The van der Waals surface area contributed by atoms with E-state index in [1.54, 1.807) is 7.05 Å². The summed E-state index contributed by atoms with van der Waals surface area (Å²) in [7, 11) is 3.77. The number of aromatic nitrogens is 3. The molecule has 3 aromatic carbocycles. The predicted octanol–water partition coefficient (Wildman–Crippen LogP) is 5.55. The SMILES string of the molecule is CN=c1n(C)c2cnc3ccc(-c4ccc(Cl)cc4)cc3c2n1-c1cc(C#N)ccc1C. The van der Waals surface area contributed by atoms with Crippen molar-refractivity contribution < 1.29 is 0 Å². The van der Waals surface area contributed by atoms with Gasteiger partial charge in [0.05, 0.1) is 40.1 Å². The molecule has 32 heavy (non-hydrogen) atoms. The van der Waals surface area contributed by atoms with Crippen LogP contribution in [0, 0.1) is 18.3 Å². The Hall–Kier alpha value is -3.88. The van der Waals surface area contributed by atoms with Gasteiger partial charge in [0, 0.05) is 24.5 Å². The number of pyridine rings is 1. The first-order valence-corrected chi connectivity index (χ1v) is 10.6. The third-order valence-electron chi connectivity index (χ3n) is 5.86. The van der Waals surface area contributed by atoms with Crippen molar-refractivity contribution in [2.75, 3.05) is 7.05 Å². The highest BCUT2D eigenvalue weighted by Gasteiger charge is 2.17. The van der Waals surface area contributed by atoms with Crippen LogP contribution in [0.25, 0.3) is 38.8 Å². The number of aryl methyl sites for hydroxylation is 2. The molecule has 5 rings (SSSR count). The van der Waals surface area contributed by atoms with Gasteiger partial charge in [-0.3, -0.25) is 14.5 Å². The normalized spacial score (nSPS) is 11.9. The monoisotopic (exact) mass is 437 g/mol.